The van der Waals surface area contributed by atoms with E-state index in [2.05, 4.69) is 10.3 Å². The van der Waals surface area contributed by atoms with Crippen molar-refractivity contribution >= 4 is 23.3 Å². The van der Waals surface area contributed by atoms with Crippen molar-refractivity contribution in [3.05, 3.63) is 15.6 Å². The van der Waals surface area contributed by atoms with Gasteiger partial charge in [0.2, 0.25) is 0 Å². The van der Waals surface area contributed by atoms with Crippen LogP contribution in [0.15, 0.2) is 0 Å². The molecular weight excluding hydrogens is 282 g/mol. The Labute approximate surface area is 120 Å². The van der Waals surface area contributed by atoms with E-state index in [1.165, 1.54) is 0 Å². The van der Waals surface area contributed by atoms with Crippen LogP contribution in [0.2, 0.25) is 0 Å². The van der Waals surface area contributed by atoms with Crippen molar-refractivity contribution in [2.24, 2.45) is 0 Å². The molecule has 2 amide bonds. The van der Waals surface area contributed by atoms with E-state index in [1.807, 2.05) is 0 Å². The Bertz CT molecular complexity index is 495. The summed E-state index contributed by atoms with van der Waals surface area (Å²) in [6.07, 6.45) is 0.826. The maximum atomic E-state index is 12.0. The summed E-state index contributed by atoms with van der Waals surface area (Å²) in [7, 11) is 0. The summed E-state index contributed by atoms with van der Waals surface area (Å²) in [4.78, 5) is 29.0. The Morgan fingerprint density at radius 3 is 2.95 bits per heavy atom. The minimum absolute atomic E-state index is 0.166. The van der Waals surface area contributed by atoms with Crippen LogP contribution in [0.4, 0.5) is 4.79 Å². The normalized spacial score (nSPS) is 15.8. The van der Waals surface area contributed by atoms with Crippen LogP contribution in [-0.4, -0.2) is 53.3 Å². The van der Waals surface area contributed by atoms with Gasteiger partial charge in [0.05, 0.1) is 18.8 Å². The highest BCUT2D eigenvalue weighted by Crippen LogP contribution is 2.17. The lowest BCUT2D eigenvalue weighted by Crippen LogP contribution is -2.40. The van der Waals surface area contributed by atoms with E-state index in [9.17, 15) is 9.59 Å². The summed E-state index contributed by atoms with van der Waals surface area (Å²) in [5.74, 6) is -0.984. The molecule has 0 bridgehead atoms. The molecule has 1 aliphatic heterocycles. The number of rotatable bonds is 3. The molecule has 110 valence electrons. The van der Waals surface area contributed by atoms with E-state index in [0.717, 1.165) is 17.8 Å². The smallest absolute Gasteiger partial charge is 0.347 e. The van der Waals surface area contributed by atoms with Crippen molar-refractivity contribution in [1.29, 1.82) is 0 Å². The highest BCUT2D eigenvalue weighted by Gasteiger charge is 2.17. The largest absolute Gasteiger partial charge is 0.477 e. The second kappa shape index (κ2) is 6.67. The van der Waals surface area contributed by atoms with Gasteiger partial charge in [0, 0.05) is 19.7 Å². The van der Waals surface area contributed by atoms with Crippen LogP contribution >= 0.6 is 11.3 Å². The lowest BCUT2D eigenvalue weighted by molar-refractivity contribution is 0.0701. The van der Waals surface area contributed by atoms with E-state index < -0.39 is 5.97 Å². The third-order valence-electron chi connectivity index (χ3n) is 2.94. The number of ether oxygens (including phenoxy) is 1. The monoisotopic (exact) mass is 299 g/mol. The molecular formula is C12H17N3O4S. The molecule has 1 saturated heterocycles. The van der Waals surface area contributed by atoms with Crippen molar-refractivity contribution < 1.29 is 19.4 Å². The first-order valence-electron chi connectivity index (χ1n) is 6.38. The molecule has 0 radical (unpaired) electrons. The number of hydrogen-bond donors (Lipinski definition) is 2. The fraction of sp³-hybridized carbons (Fsp3) is 0.583. The van der Waals surface area contributed by atoms with Gasteiger partial charge in [-0.25, -0.2) is 14.6 Å². The second-order valence-electron chi connectivity index (χ2n) is 4.44. The molecule has 1 aromatic heterocycles. The number of aryl methyl sites for hydroxylation is 1. The van der Waals surface area contributed by atoms with Gasteiger partial charge in [0.1, 0.15) is 9.88 Å². The first kappa shape index (κ1) is 14.7. The molecule has 1 fully saturated rings. The van der Waals surface area contributed by atoms with Crippen molar-refractivity contribution in [2.45, 2.75) is 19.9 Å². The Morgan fingerprint density at radius 2 is 2.25 bits per heavy atom. The van der Waals surface area contributed by atoms with Crippen LogP contribution in [-0.2, 0) is 11.3 Å². The molecule has 0 unspecified atom stereocenters. The number of urea groups is 1. The van der Waals surface area contributed by atoms with E-state index in [4.69, 9.17) is 9.84 Å². The minimum Gasteiger partial charge on any atom is -0.477 e. The summed E-state index contributed by atoms with van der Waals surface area (Å²) < 4.78 is 5.29. The summed E-state index contributed by atoms with van der Waals surface area (Å²) >= 11 is 1.09. The van der Waals surface area contributed by atoms with Gasteiger partial charge in [-0.1, -0.05) is 0 Å². The van der Waals surface area contributed by atoms with Gasteiger partial charge in [0.15, 0.2) is 0 Å². The van der Waals surface area contributed by atoms with Crippen LogP contribution in [0.1, 0.15) is 26.8 Å². The maximum absolute atomic E-state index is 12.0. The molecule has 20 heavy (non-hydrogen) atoms. The number of hydrogen-bond acceptors (Lipinski definition) is 5. The maximum Gasteiger partial charge on any atom is 0.347 e. The Hall–Kier alpha value is -1.67. The number of carboxylic acid groups (broad SMARTS) is 1. The lowest BCUT2D eigenvalue weighted by Gasteiger charge is -2.19. The molecule has 7 nitrogen and oxygen atoms in total. The molecule has 0 spiro atoms. The second-order valence-corrected chi connectivity index (χ2v) is 5.52. The van der Waals surface area contributed by atoms with Crippen LogP contribution in [0, 0.1) is 6.92 Å². The highest BCUT2D eigenvalue weighted by molar-refractivity contribution is 7.13. The highest BCUT2D eigenvalue weighted by atomic mass is 32.1. The SMILES string of the molecule is Cc1nc(CNC(=O)N2CCCOCC2)sc1C(=O)O. The quantitative estimate of drug-likeness (QED) is 0.871. The summed E-state index contributed by atoms with van der Waals surface area (Å²) in [6, 6.07) is -0.166. The number of carbonyl (C=O) groups is 2. The topological polar surface area (TPSA) is 91.8 Å². The van der Waals surface area contributed by atoms with E-state index in [0.29, 0.717) is 37.0 Å². The lowest BCUT2D eigenvalue weighted by atomic mass is 10.4. The van der Waals surface area contributed by atoms with Gasteiger partial charge in [-0.2, -0.15) is 0 Å². The fourth-order valence-corrected chi connectivity index (χ4v) is 2.78. The predicted molar refractivity (Wildman–Crippen MR) is 73.1 cm³/mol. The number of carbonyl (C=O) groups excluding carboxylic acids is 1. The first-order chi connectivity index (χ1) is 9.58. The molecule has 0 atom stereocenters. The Morgan fingerprint density at radius 1 is 1.45 bits per heavy atom. The van der Waals surface area contributed by atoms with Gasteiger partial charge < -0.3 is 20.1 Å². The van der Waals surface area contributed by atoms with Gasteiger partial charge in [-0.3, -0.25) is 0 Å². The molecule has 0 saturated carbocycles. The molecule has 0 aliphatic carbocycles. The van der Waals surface area contributed by atoms with Crippen LogP contribution in [0.25, 0.3) is 0 Å². The number of amides is 2. The van der Waals surface area contributed by atoms with Gasteiger partial charge in [0.25, 0.3) is 0 Å². The molecule has 2 heterocycles. The molecule has 1 aromatic rings. The van der Waals surface area contributed by atoms with Crippen molar-refractivity contribution in [3.8, 4) is 0 Å². The van der Waals surface area contributed by atoms with E-state index in [-0.39, 0.29) is 17.5 Å². The number of thiazole rings is 1. The van der Waals surface area contributed by atoms with Gasteiger partial charge in [-0.05, 0) is 13.3 Å². The average molecular weight is 299 g/mol. The van der Waals surface area contributed by atoms with E-state index in [1.54, 1.807) is 11.8 Å². The van der Waals surface area contributed by atoms with Crippen molar-refractivity contribution in [1.82, 2.24) is 15.2 Å². The van der Waals surface area contributed by atoms with Gasteiger partial charge in [-0.15, -0.1) is 11.3 Å². The minimum atomic E-state index is -0.984. The number of aromatic carboxylic acids is 1. The molecule has 8 heteroatoms. The fourth-order valence-electron chi connectivity index (χ4n) is 1.94. The van der Waals surface area contributed by atoms with Crippen LogP contribution in [0.3, 0.4) is 0 Å². The number of carboxylic acids is 1. The summed E-state index contributed by atoms with van der Waals surface area (Å²) in [5.41, 5.74) is 0.481. The Kier molecular flexibility index (Phi) is 4.91. The zero-order valence-electron chi connectivity index (χ0n) is 11.2. The van der Waals surface area contributed by atoms with Gasteiger partial charge >= 0.3 is 12.0 Å². The molecule has 2 N–H and O–H groups in total. The van der Waals surface area contributed by atoms with Crippen molar-refractivity contribution in [3.63, 3.8) is 0 Å². The average Bonchev–Trinajstić information content (AvgIpc) is 2.64. The predicted octanol–water partition coefficient (Wildman–Crippen LogP) is 1.08. The standard InChI is InChI=1S/C12H17N3O4S/c1-8-10(11(16)17)20-9(14-8)7-13-12(18)15-3-2-5-19-6-4-15/h2-7H2,1H3,(H,13,18)(H,16,17). The number of aromatic nitrogens is 1. The zero-order chi connectivity index (χ0) is 14.5. The van der Waals surface area contributed by atoms with E-state index >= 15 is 0 Å². The third-order valence-corrected chi connectivity index (χ3v) is 4.08. The molecule has 0 aromatic carbocycles. The third kappa shape index (κ3) is 3.67. The van der Waals surface area contributed by atoms with Crippen LogP contribution < -0.4 is 5.32 Å². The molecule has 2 rings (SSSR count). The number of nitrogens with zero attached hydrogens (tertiary/aromatic N) is 2. The summed E-state index contributed by atoms with van der Waals surface area (Å²) in [6.45, 7) is 4.36. The summed E-state index contributed by atoms with van der Waals surface area (Å²) in [5, 5.41) is 12.3. The first-order valence-corrected chi connectivity index (χ1v) is 7.19. The zero-order valence-corrected chi connectivity index (χ0v) is 12.0. The molecule has 1 aliphatic rings. The van der Waals surface area contributed by atoms with Crippen LogP contribution in [0.5, 0.6) is 0 Å². The number of nitrogens with one attached hydrogen (secondary N) is 1. The van der Waals surface area contributed by atoms with Crippen molar-refractivity contribution in [2.75, 3.05) is 26.3 Å². The Balaban J connectivity index is 1.89.